The van der Waals surface area contributed by atoms with Crippen LogP contribution in [0, 0.1) is 0 Å². The first kappa shape index (κ1) is 40.9. The summed E-state index contributed by atoms with van der Waals surface area (Å²) in [6.45, 7) is 4.52. The minimum Gasteiger partial charge on any atom is -0.481 e. The van der Waals surface area contributed by atoms with E-state index in [4.69, 9.17) is 9.84 Å². The van der Waals surface area contributed by atoms with Gasteiger partial charge in [0.15, 0.2) is 0 Å². The maximum absolute atomic E-state index is 12.4. The molecule has 0 aromatic heterocycles. The van der Waals surface area contributed by atoms with Gasteiger partial charge in [-0.05, 0) is 32.1 Å². The van der Waals surface area contributed by atoms with Gasteiger partial charge in [0.05, 0.1) is 0 Å². The summed E-state index contributed by atoms with van der Waals surface area (Å²) in [5.74, 6) is -0.855. The van der Waals surface area contributed by atoms with Crippen LogP contribution in [-0.2, 0) is 14.3 Å². The summed E-state index contributed by atoms with van der Waals surface area (Å²) < 4.78 is 5.79. The number of carbonyl (C=O) groups is 2. The molecule has 0 saturated heterocycles. The van der Waals surface area contributed by atoms with Gasteiger partial charge in [-0.2, -0.15) is 0 Å². The number of carboxylic acid groups (broad SMARTS) is 1. The Morgan fingerprint density at radius 2 is 0.738 bits per heavy atom. The summed E-state index contributed by atoms with van der Waals surface area (Å²) in [6.07, 6.45) is 39.9. The van der Waals surface area contributed by atoms with Crippen LogP contribution in [0.15, 0.2) is 0 Å². The summed E-state index contributed by atoms with van der Waals surface area (Å²) in [6, 6.07) is 0. The zero-order chi connectivity index (χ0) is 30.8. The van der Waals surface area contributed by atoms with E-state index in [0.29, 0.717) is 19.3 Å². The van der Waals surface area contributed by atoms with Crippen LogP contribution in [-0.4, -0.2) is 23.1 Å². The smallest absolute Gasteiger partial charge is 0.306 e. The molecule has 0 aromatic rings. The third kappa shape index (κ3) is 33.4. The monoisotopic (exact) mass is 595 g/mol. The molecule has 0 aliphatic carbocycles. The summed E-state index contributed by atoms with van der Waals surface area (Å²) in [5, 5.41) is 8.95. The fourth-order valence-electron chi connectivity index (χ4n) is 6.02. The van der Waals surface area contributed by atoms with Gasteiger partial charge in [0.25, 0.3) is 0 Å². The Morgan fingerprint density at radius 1 is 0.429 bits per heavy atom. The highest BCUT2D eigenvalue weighted by Crippen LogP contribution is 2.18. The molecular weight excluding hydrogens is 520 g/mol. The molecule has 0 radical (unpaired) electrons. The van der Waals surface area contributed by atoms with Gasteiger partial charge in [-0.15, -0.1) is 0 Å². The van der Waals surface area contributed by atoms with Crippen LogP contribution >= 0.6 is 0 Å². The van der Waals surface area contributed by atoms with E-state index >= 15 is 0 Å². The number of aliphatic carboxylic acids is 1. The van der Waals surface area contributed by atoms with E-state index in [2.05, 4.69) is 13.8 Å². The second kappa shape index (κ2) is 34.4. The molecule has 0 fully saturated rings. The van der Waals surface area contributed by atoms with E-state index in [-0.39, 0.29) is 18.5 Å². The number of carbonyl (C=O) groups excluding carboxylic acids is 1. The lowest BCUT2D eigenvalue weighted by Crippen LogP contribution is -2.18. The zero-order valence-corrected chi connectivity index (χ0v) is 28.6. The Hall–Kier alpha value is -1.06. The van der Waals surface area contributed by atoms with Gasteiger partial charge in [0.2, 0.25) is 0 Å². The highest BCUT2D eigenvalue weighted by Gasteiger charge is 2.15. The molecule has 0 aliphatic heterocycles. The van der Waals surface area contributed by atoms with E-state index in [9.17, 15) is 9.59 Å². The molecule has 0 aromatic carbocycles. The van der Waals surface area contributed by atoms with Crippen molar-refractivity contribution in [1.29, 1.82) is 0 Å². The van der Waals surface area contributed by atoms with E-state index in [1.54, 1.807) is 0 Å². The van der Waals surface area contributed by atoms with Crippen LogP contribution in [0.5, 0.6) is 0 Å². The van der Waals surface area contributed by atoms with Gasteiger partial charge in [0.1, 0.15) is 6.10 Å². The molecule has 42 heavy (non-hydrogen) atoms. The van der Waals surface area contributed by atoms with Crippen molar-refractivity contribution in [3.05, 3.63) is 0 Å². The van der Waals surface area contributed by atoms with Gasteiger partial charge < -0.3 is 9.84 Å². The molecule has 0 saturated carbocycles. The van der Waals surface area contributed by atoms with Gasteiger partial charge in [0, 0.05) is 12.8 Å². The highest BCUT2D eigenvalue weighted by atomic mass is 16.5. The van der Waals surface area contributed by atoms with E-state index < -0.39 is 5.97 Å². The fourth-order valence-corrected chi connectivity index (χ4v) is 6.02. The van der Waals surface area contributed by atoms with Crippen LogP contribution in [0.3, 0.4) is 0 Å². The Labute approximate surface area is 262 Å². The fraction of sp³-hybridized carbons (Fsp3) is 0.947. The number of esters is 1. The minimum absolute atomic E-state index is 0.0870. The normalized spacial score (nSPS) is 12.0. The standard InChI is InChI=1S/C38H74O4/c1-3-5-7-9-11-12-13-14-15-16-17-18-19-20-21-22-23-24-26-28-30-35-38(41)42-36(33-31-34-37(39)40)32-29-27-25-10-8-6-4-2/h36H,3-35H2,1-2H3,(H,39,40). The molecule has 0 spiro atoms. The number of hydrogen-bond acceptors (Lipinski definition) is 3. The topological polar surface area (TPSA) is 63.6 Å². The Bertz CT molecular complexity index is 561. The largest absolute Gasteiger partial charge is 0.481 e. The lowest BCUT2D eigenvalue weighted by atomic mass is 10.0. The quantitative estimate of drug-likeness (QED) is 0.0585. The second-order valence-electron chi connectivity index (χ2n) is 13.1. The van der Waals surface area contributed by atoms with Crippen LogP contribution in [0.1, 0.15) is 226 Å². The average Bonchev–Trinajstić information content (AvgIpc) is 2.97. The first-order valence-electron chi connectivity index (χ1n) is 19.0. The molecule has 4 nitrogen and oxygen atoms in total. The first-order valence-corrected chi connectivity index (χ1v) is 19.0. The van der Waals surface area contributed by atoms with Gasteiger partial charge in [-0.1, -0.05) is 181 Å². The molecule has 0 amide bonds. The Morgan fingerprint density at radius 3 is 1.10 bits per heavy atom. The van der Waals surface area contributed by atoms with Crippen molar-refractivity contribution in [3.63, 3.8) is 0 Å². The van der Waals surface area contributed by atoms with Gasteiger partial charge in [-0.25, -0.2) is 0 Å². The number of hydrogen-bond donors (Lipinski definition) is 1. The first-order chi connectivity index (χ1) is 20.6. The lowest BCUT2D eigenvalue weighted by molar-refractivity contribution is -0.150. The summed E-state index contributed by atoms with van der Waals surface area (Å²) in [7, 11) is 0. The van der Waals surface area contributed by atoms with Crippen LogP contribution in [0.2, 0.25) is 0 Å². The van der Waals surface area contributed by atoms with Crippen molar-refractivity contribution in [2.24, 2.45) is 0 Å². The van der Waals surface area contributed by atoms with E-state index in [1.165, 1.54) is 161 Å². The lowest BCUT2D eigenvalue weighted by Gasteiger charge is -2.18. The molecule has 1 atom stereocenters. The van der Waals surface area contributed by atoms with Crippen LogP contribution in [0.4, 0.5) is 0 Å². The summed E-state index contributed by atoms with van der Waals surface area (Å²) in [4.78, 5) is 23.3. The minimum atomic E-state index is -0.768. The van der Waals surface area contributed by atoms with Crippen molar-refractivity contribution in [3.8, 4) is 0 Å². The third-order valence-electron chi connectivity index (χ3n) is 8.83. The second-order valence-corrected chi connectivity index (χ2v) is 13.1. The number of unbranched alkanes of at least 4 members (excludes halogenated alkanes) is 26. The van der Waals surface area contributed by atoms with Crippen molar-refractivity contribution < 1.29 is 19.4 Å². The predicted octanol–water partition coefficient (Wildman–Crippen LogP) is 12.9. The number of rotatable bonds is 35. The molecule has 0 bridgehead atoms. The molecule has 1 N–H and O–H groups in total. The van der Waals surface area contributed by atoms with E-state index in [0.717, 1.165) is 25.7 Å². The molecule has 4 heteroatoms. The summed E-state index contributed by atoms with van der Waals surface area (Å²) in [5.41, 5.74) is 0. The van der Waals surface area contributed by atoms with Crippen molar-refractivity contribution in [1.82, 2.24) is 0 Å². The summed E-state index contributed by atoms with van der Waals surface area (Å²) >= 11 is 0. The molecule has 0 heterocycles. The molecular formula is C38H74O4. The average molecular weight is 595 g/mol. The third-order valence-corrected chi connectivity index (χ3v) is 8.83. The molecule has 0 rings (SSSR count). The van der Waals surface area contributed by atoms with Crippen LogP contribution in [0.25, 0.3) is 0 Å². The van der Waals surface area contributed by atoms with Crippen molar-refractivity contribution >= 4 is 11.9 Å². The number of ether oxygens (including phenoxy) is 1. The molecule has 0 aliphatic rings. The predicted molar refractivity (Wildman–Crippen MR) is 181 cm³/mol. The van der Waals surface area contributed by atoms with Gasteiger partial charge >= 0.3 is 11.9 Å². The Kier molecular flexibility index (Phi) is 33.6. The Balaban J connectivity index is 3.59. The zero-order valence-electron chi connectivity index (χ0n) is 28.6. The maximum Gasteiger partial charge on any atom is 0.306 e. The molecule has 250 valence electrons. The molecule has 1 unspecified atom stereocenters. The van der Waals surface area contributed by atoms with Crippen molar-refractivity contribution in [2.45, 2.75) is 232 Å². The van der Waals surface area contributed by atoms with E-state index in [1.807, 2.05) is 0 Å². The SMILES string of the molecule is CCCCCCCCCCCCCCCCCCCCCCCC(=O)OC(CCCCCCCCC)CCCC(=O)O. The van der Waals surface area contributed by atoms with Crippen molar-refractivity contribution in [2.75, 3.05) is 0 Å². The van der Waals surface area contributed by atoms with Crippen LogP contribution < -0.4 is 0 Å². The maximum atomic E-state index is 12.4. The highest BCUT2D eigenvalue weighted by molar-refractivity contribution is 5.69. The number of carboxylic acids is 1. The van der Waals surface area contributed by atoms with Gasteiger partial charge in [-0.3, -0.25) is 9.59 Å².